The number of nitrogens with one attached hydrogen (secondary N) is 1. The number of ether oxygens (including phenoxy) is 2. The lowest BCUT2D eigenvalue weighted by molar-refractivity contribution is -0.119. The first-order valence-electron chi connectivity index (χ1n) is 9.34. The summed E-state index contributed by atoms with van der Waals surface area (Å²) in [5.41, 5.74) is 2.74. The van der Waals surface area contributed by atoms with Crippen LogP contribution < -0.4 is 14.8 Å². The lowest BCUT2D eigenvalue weighted by atomic mass is 10.1. The molecule has 0 fully saturated rings. The molecule has 1 amide bonds. The van der Waals surface area contributed by atoms with E-state index in [1.54, 1.807) is 37.7 Å². The Morgan fingerprint density at radius 3 is 2.40 bits per heavy atom. The van der Waals surface area contributed by atoms with Gasteiger partial charge in [-0.25, -0.2) is 9.97 Å². The third-order valence-electron chi connectivity index (χ3n) is 4.19. The Labute approximate surface area is 180 Å². The van der Waals surface area contributed by atoms with Crippen molar-refractivity contribution in [1.82, 2.24) is 15.3 Å². The Balaban J connectivity index is 1.67. The van der Waals surface area contributed by atoms with Gasteiger partial charge in [0, 0.05) is 43.1 Å². The largest absolute Gasteiger partial charge is 0.481 e. The van der Waals surface area contributed by atoms with Gasteiger partial charge in [0.2, 0.25) is 17.7 Å². The molecule has 2 aromatic heterocycles. The number of methoxy groups -OCH3 is 1. The van der Waals surface area contributed by atoms with Crippen LogP contribution in [0.1, 0.15) is 19.4 Å². The van der Waals surface area contributed by atoms with E-state index in [-0.39, 0.29) is 11.9 Å². The molecule has 1 atom stereocenters. The van der Waals surface area contributed by atoms with E-state index >= 15 is 0 Å². The van der Waals surface area contributed by atoms with E-state index in [1.165, 1.54) is 6.92 Å². The molecule has 0 saturated heterocycles. The minimum Gasteiger partial charge on any atom is -0.481 e. The van der Waals surface area contributed by atoms with E-state index in [9.17, 15) is 4.79 Å². The zero-order chi connectivity index (χ0) is 21.5. The first-order chi connectivity index (χ1) is 14.4. The molecular weight excluding hydrogens is 402 g/mol. The summed E-state index contributed by atoms with van der Waals surface area (Å²) in [6.07, 6.45) is 7.20. The van der Waals surface area contributed by atoms with Gasteiger partial charge in [-0.05, 0) is 42.3 Å². The van der Waals surface area contributed by atoms with E-state index in [0.29, 0.717) is 22.5 Å². The number of amides is 1. The fraction of sp³-hybridized carbons (Fsp3) is 0.174. The van der Waals surface area contributed by atoms with Gasteiger partial charge in [-0.1, -0.05) is 29.8 Å². The van der Waals surface area contributed by atoms with Gasteiger partial charge in [0.1, 0.15) is 5.75 Å². The van der Waals surface area contributed by atoms with Crippen LogP contribution in [0.15, 0.2) is 60.9 Å². The van der Waals surface area contributed by atoms with Crippen LogP contribution in [0.3, 0.4) is 0 Å². The number of carbonyl (C=O) groups excluding carboxylic acids is 1. The molecule has 154 valence electrons. The number of carbonyl (C=O) groups is 1. The summed E-state index contributed by atoms with van der Waals surface area (Å²) in [6, 6.07) is 12.8. The molecule has 6 nitrogen and oxygen atoms in total. The maximum Gasteiger partial charge on any atom is 0.219 e. The van der Waals surface area contributed by atoms with E-state index in [0.717, 1.165) is 16.7 Å². The minimum absolute atomic E-state index is 0.0587. The molecule has 0 aliphatic rings. The third kappa shape index (κ3) is 5.81. The molecule has 1 N–H and O–H groups in total. The molecule has 0 bridgehead atoms. The molecule has 0 unspecified atom stereocenters. The highest BCUT2D eigenvalue weighted by atomic mass is 35.5. The highest BCUT2D eigenvalue weighted by Crippen LogP contribution is 2.33. The van der Waals surface area contributed by atoms with Crippen LogP contribution >= 0.6 is 11.6 Å². The Bertz CT molecular complexity index is 1030. The summed E-state index contributed by atoms with van der Waals surface area (Å²) in [7, 11) is 1.58. The quantitative estimate of drug-likeness (QED) is 0.569. The van der Waals surface area contributed by atoms with Crippen molar-refractivity contribution in [2.45, 2.75) is 19.9 Å². The number of hydrogen-bond donors (Lipinski definition) is 1. The lowest BCUT2D eigenvalue weighted by Gasteiger charge is -2.09. The smallest absolute Gasteiger partial charge is 0.219 e. The van der Waals surface area contributed by atoms with E-state index < -0.39 is 0 Å². The van der Waals surface area contributed by atoms with Crippen LogP contribution in [0, 0.1) is 0 Å². The first-order valence-corrected chi connectivity index (χ1v) is 9.71. The molecule has 3 rings (SSSR count). The van der Waals surface area contributed by atoms with Gasteiger partial charge in [0.25, 0.3) is 0 Å². The number of halogens is 1. The summed E-state index contributed by atoms with van der Waals surface area (Å²) in [6.45, 7) is 3.39. The highest BCUT2D eigenvalue weighted by Gasteiger charge is 2.08. The summed E-state index contributed by atoms with van der Waals surface area (Å²) >= 11 is 6.40. The summed E-state index contributed by atoms with van der Waals surface area (Å²) in [5.74, 6) is 1.43. The number of rotatable bonds is 7. The average Bonchev–Trinajstić information content (AvgIpc) is 2.74. The fourth-order valence-electron chi connectivity index (χ4n) is 2.72. The van der Waals surface area contributed by atoms with Gasteiger partial charge in [0.05, 0.1) is 12.1 Å². The Hall–Kier alpha value is -3.38. The van der Waals surface area contributed by atoms with Crippen LogP contribution in [-0.2, 0) is 4.79 Å². The Morgan fingerprint density at radius 2 is 1.80 bits per heavy atom. The first kappa shape index (κ1) is 21.3. The van der Waals surface area contributed by atoms with Crippen molar-refractivity contribution in [3.63, 3.8) is 0 Å². The number of pyridine rings is 2. The van der Waals surface area contributed by atoms with Gasteiger partial charge in [0.15, 0.2) is 0 Å². The topological polar surface area (TPSA) is 73.3 Å². The molecule has 0 spiro atoms. The van der Waals surface area contributed by atoms with Crippen molar-refractivity contribution in [3.8, 4) is 28.6 Å². The lowest BCUT2D eigenvalue weighted by Crippen LogP contribution is -2.28. The second-order valence-electron chi connectivity index (χ2n) is 6.61. The number of hydrogen-bond acceptors (Lipinski definition) is 5. The molecule has 2 heterocycles. The zero-order valence-electron chi connectivity index (χ0n) is 16.9. The van der Waals surface area contributed by atoms with E-state index in [2.05, 4.69) is 15.3 Å². The Morgan fingerprint density at radius 1 is 1.07 bits per heavy atom. The summed E-state index contributed by atoms with van der Waals surface area (Å²) in [4.78, 5) is 19.6. The van der Waals surface area contributed by atoms with Crippen molar-refractivity contribution in [2.24, 2.45) is 0 Å². The molecule has 30 heavy (non-hydrogen) atoms. The van der Waals surface area contributed by atoms with Crippen LogP contribution in [-0.4, -0.2) is 29.0 Å². The molecule has 3 aromatic rings. The van der Waals surface area contributed by atoms with E-state index in [1.807, 2.05) is 43.3 Å². The predicted molar refractivity (Wildman–Crippen MR) is 118 cm³/mol. The minimum atomic E-state index is -0.0693. The van der Waals surface area contributed by atoms with Crippen LogP contribution in [0.2, 0.25) is 5.02 Å². The molecule has 0 aliphatic heterocycles. The summed E-state index contributed by atoms with van der Waals surface area (Å²) < 4.78 is 10.9. The second-order valence-corrected chi connectivity index (χ2v) is 7.02. The van der Waals surface area contributed by atoms with Crippen molar-refractivity contribution in [3.05, 3.63) is 71.5 Å². The molecule has 7 heteroatoms. The molecule has 0 saturated carbocycles. The second kappa shape index (κ2) is 9.89. The summed E-state index contributed by atoms with van der Waals surface area (Å²) in [5, 5.41) is 3.26. The molecule has 1 aromatic carbocycles. The normalized spacial score (nSPS) is 11.9. The maximum atomic E-state index is 11.0. The van der Waals surface area contributed by atoms with Gasteiger partial charge in [-0.15, -0.1) is 0 Å². The van der Waals surface area contributed by atoms with Crippen LogP contribution in [0.5, 0.6) is 17.5 Å². The maximum absolute atomic E-state index is 11.0. The average molecular weight is 424 g/mol. The number of benzene rings is 1. The predicted octanol–water partition coefficient (Wildman–Crippen LogP) is 5.14. The monoisotopic (exact) mass is 423 g/mol. The zero-order valence-corrected chi connectivity index (χ0v) is 17.7. The van der Waals surface area contributed by atoms with Gasteiger partial charge >= 0.3 is 0 Å². The van der Waals surface area contributed by atoms with Crippen LogP contribution in [0.4, 0.5) is 0 Å². The molecular formula is C23H22ClN3O3. The standard InChI is InChI=1S/C23H22ClN3O3/c1-15(27-16(2)28)4-5-17-6-10-23(25-13-17)30-21-9-7-18(12-20(21)24)19-8-11-22(29-3)26-14-19/h4-15H,1-3H3,(H,27,28)/b5-4+/t15-/m0/s1. The number of aromatic nitrogens is 2. The SMILES string of the molecule is COc1ccc(-c2ccc(Oc3ccc(/C=C/[C@H](C)NC(C)=O)cn3)c(Cl)c2)cn1. The van der Waals surface area contributed by atoms with Crippen molar-refractivity contribution < 1.29 is 14.3 Å². The molecule has 0 radical (unpaired) electrons. The fourth-order valence-corrected chi connectivity index (χ4v) is 2.94. The van der Waals surface area contributed by atoms with Crippen molar-refractivity contribution in [2.75, 3.05) is 7.11 Å². The van der Waals surface area contributed by atoms with Gasteiger partial charge in [-0.3, -0.25) is 4.79 Å². The van der Waals surface area contributed by atoms with E-state index in [4.69, 9.17) is 21.1 Å². The van der Waals surface area contributed by atoms with Gasteiger partial charge < -0.3 is 14.8 Å². The Kier molecular flexibility index (Phi) is 7.03. The van der Waals surface area contributed by atoms with Crippen LogP contribution in [0.25, 0.3) is 17.2 Å². The van der Waals surface area contributed by atoms with Gasteiger partial charge in [-0.2, -0.15) is 0 Å². The highest BCUT2D eigenvalue weighted by molar-refractivity contribution is 6.32. The third-order valence-corrected chi connectivity index (χ3v) is 4.49. The van der Waals surface area contributed by atoms with Crippen molar-refractivity contribution in [1.29, 1.82) is 0 Å². The van der Waals surface area contributed by atoms with Crippen molar-refractivity contribution >= 4 is 23.6 Å². The number of nitrogens with zero attached hydrogens (tertiary/aromatic N) is 2. The molecule has 0 aliphatic carbocycles.